The van der Waals surface area contributed by atoms with Crippen LogP contribution in [0.25, 0.3) is 0 Å². The van der Waals surface area contributed by atoms with Crippen LogP contribution in [0.4, 0.5) is 24.5 Å². The molecule has 1 unspecified atom stereocenters. The van der Waals surface area contributed by atoms with Gasteiger partial charge in [0.2, 0.25) is 10.0 Å². The Bertz CT molecular complexity index is 1330. The van der Waals surface area contributed by atoms with Crippen molar-refractivity contribution in [2.45, 2.75) is 17.5 Å². The van der Waals surface area contributed by atoms with Crippen molar-refractivity contribution in [2.75, 3.05) is 10.6 Å². The summed E-state index contributed by atoms with van der Waals surface area (Å²) in [6, 6.07) is 8.15. The van der Waals surface area contributed by atoms with Crippen LogP contribution in [0.2, 0.25) is 5.02 Å². The Morgan fingerprint density at radius 1 is 1.09 bits per heavy atom. The van der Waals surface area contributed by atoms with E-state index in [0.29, 0.717) is 22.8 Å². The molecule has 1 aromatic heterocycles. The largest absolute Gasteiger partial charge is 0.361 e. The first-order valence-corrected chi connectivity index (χ1v) is 10.9. The van der Waals surface area contributed by atoms with E-state index in [1.165, 1.54) is 18.3 Å². The molecule has 0 aliphatic carbocycles. The first-order chi connectivity index (χ1) is 15.0. The number of fused-ring (bicyclic) bond motifs is 1. The highest BCUT2D eigenvalue weighted by Gasteiger charge is 2.40. The van der Waals surface area contributed by atoms with Gasteiger partial charge in [-0.05, 0) is 37.3 Å². The highest BCUT2D eigenvalue weighted by molar-refractivity contribution is 7.89. The minimum absolute atomic E-state index is 0.103. The Morgan fingerprint density at radius 3 is 2.41 bits per heavy atom. The second-order valence-electron chi connectivity index (χ2n) is 7.14. The van der Waals surface area contributed by atoms with Crippen LogP contribution < -0.4 is 15.4 Å². The van der Waals surface area contributed by atoms with Crippen LogP contribution >= 0.6 is 11.6 Å². The van der Waals surface area contributed by atoms with Crippen molar-refractivity contribution in [3.8, 4) is 0 Å². The molecule has 2 heterocycles. The number of sulfonamides is 1. The van der Waals surface area contributed by atoms with Crippen LogP contribution in [-0.2, 0) is 15.7 Å². The van der Waals surface area contributed by atoms with Crippen LogP contribution in [0, 0.1) is 17.5 Å². The number of carbonyl (C=O) groups is 1. The first kappa shape index (κ1) is 22.1. The van der Waals surface area contributed by atoms with Gasteiger partial charge in [-0.25, -0.2) is 21.6 Å². The van der Waals surface area contributed by atoms with E-state index in [-0.39, 0.29) is 21.8 Å². The number of carbonyl (C=O) groups excluding carboxylic acids is 1. The fourth-order valence-corrected chi connectivity index (χ4v) is 4.83. The van der Waals surface area contributed by atoms with Gasteiger partial charge < -0.3 is 10.6 Å². The zero-order valence-corrected chi connectivity index (χ0v) is 17.8. The lowest BCUT2D eigenvalue weighted by Gasteiger charge is -2.37. The number of nitrogens with zero attached hydrogens (tertiary/aromatic N) is 1. The molecule has 1 aliphatic rings. The molecule has 32 heavy (non-hydrogen) atoms. The van der Waals surface area contributed by atoms with Crippen molar-refractivity contribution < 1.29 is 26.4 Å². The minimum atomic E-state index is -4.09. The summed E-state index contributed by atoms with van der Waals surface area (Å²) >= 11 is 5.84. The number of rotatable bonds is 3. The molecule has 1 amide bonds. The maximum Gasteiger partial charge on any atom is 0.255 e. The molecular formula is C20H14ClF3N4O3S. The molecule has 0 radical (unpaired) electrons. The van der Waals surface area contributed by atoms with E-state index < -0.39 is 39.0 Å². The number of benzene rings is 2. The quantitative estimate of drug-likeness (QED) is 0.490. The monoisotopic (exact) mass is 482 g/mol. The topological polar surface area (TPSA) is 100 Å². The number of nitrogens with one attached hydrogen (secondary N) is 3. The van der Waals surface area contributed by atoms with E-state index in [9.17, 15) is 26.4 Å². The van der Waals surface area contributed by atoms with Gasteiger partial charge in [-0.3, -0.25) is 9.78 Å². The first-order valence-electron chi connectivity index (χ1n) is 9.03. The molecule has 166 valence electrons. The maximum atomic E-state index is 13.4. The van der Waals surface area contributed by atoms with Gasteiger partial charge in [0.05, 0.1) is 16.4 Å². The zero-order chi connectivity index (χ0) is 23.3. The maximum absolute atomic E-state index is 13.4. The lowest BCUT2D eigenvalue weighted by molar-refractivity contribution is 0.102. The highest BCUT2D eigenvalue weighted by atomic mass is 35.5. The Kier molecular flexibility index (Phi) is 5.35. The van der Waals surface area contributed by atoms with Gasteiger partial charge >= 0.3 is 0 Å². The summed E-state index contributed by atoms with van der Waals surface area (Å²) in [6.45, 7) is 1.57. The van der Waals surface area contributed by atoms with Crippen molar-refractivity contribution in [1.82, 2.24) is 9.71 Å². The van der Waals surface area contributed by atoms with E-state index in [1.54, 1.807) is 19.1 Å². The summed E-state index contributed by atoms with van der Waals surface area (Å²) in [4.78, 5) is 16.4. The molecular weight excluding hydrogens is 469 g/mol. The SMILES string of the molecule is CC1(c2ccc(Cl)cn2)Nc2ccc(C(=O)Nc3cc(F)c(F)c(F)c3)cc2S(=O)(=O)N1. The zero-order valence-electron chi connectivity index (χ0n) is 16.2. The van der Waals surface area contributed by atoms with Crippen LogP contribution in [-0.4, -0.2) is 19.3 Å². The second kappa shape index (κ2) is 7.76. The van der Waals surface area contributed by atoms with Crippen molar-refractivity contribution in [1.29, 1.82) is 0 Å². The molecule has 2 aromatic carbocycles. The predicted molar refractivity (Wildman–Crippen MR) is 111 cm³/mol. The van der Waals surface area contributed by atoms with Gasteiger partial charge in [0.15, 0.2) is 17.5 Å². The molecule has 4 rings (SSSR count). The van der Waals surface area contributed by atoms with Gasteiger partial charge in [0, 0.05) is 29.6 Å². The number of halogens is 4. The smallest absolute Gasteiger partial charge is 0.255 e. The summed E-state index contributed by atoms with van der Waals surface area (Å²) < 4.78 is 68.2. The highest BCUT2D eigenvalue weighted by Crippen LogP contribution is 2.35. The molecule has 0 saturated carbocycles. The molecule has 3 N–H and O–H groups in total. The van der Waals surface area contributed by atoms with Crippen LogP contribution in [0.5, 0.6) is 0 Å². The van der Waals surface area contributed by atoms with Crippen LogP contribution in [0.3, 0.4) is 0 Å². The minimum Gasteiger partial charge on any atom is -0.361 e. The normalized spacial score (nSPS) is 19.0. The molecule has 0 bridgehead atoms. The molecule has 0 fully saturated rings. The third-order valence-electron chi connectivity index (χ3n) is 4.74. The number of anilines is 2. The number of amides is 1. The summed E-state index contributed by atoms with van der Waals surface area (Å²) in [5.74, 6) is -5.46. The Morgan fingerprint density at radius 2 is 1.78 bits per heavy atom. The Labute approximate surface area is 185 Å². The van der Waals surface area contributed by atoms with Gasteiger partial charge in [-0.1, -0.05) is 11.6 Å². The van der Waals surface area contributed by atoms with Gasteiger partial charge in [-0.15, -0.1) is 0 Å². The van der Waals surface area contributed by atoms with E-state index in [0.717, 1.165) is 6.07 Å². The standard InChI is InChI=1S/C20H14ClF3N4O3S/c1-20(17-5-3-11(21)9-25-17)27-15-4-2-10(6-16(15)32(30,31)28-20)19(29)26-12-7-13(22)18(24)14(23)8-12/h2-9,27-28H,1H3,(H,26,29). The molecule has 0 saturated heterocycles. The molecule has 3 aromatic rings. The van der Waals surface area contributed by atoms with Crippen molar-refractivity contribution in [3.63, 3.8) is 0 Å². The lowest BCUT2D eigenvalue weighted by atomic mass is 10.1. The third kappa shape index (κ3) is 4.01. The average Bonchev–Trinajstić information content (AvgIpc) is 2.71. The van der Waals surface area contributed by atoms with Gasteiger partial charge in [0.1, 0.15) is 10.6 Å². The summed E-state index contributed by atoms with van der Waals surface area (Å²) in [6.07, 6.45) is 1.38. The van der Waals surface area contributed by atoms with Crippen LogP contribution in [0.1, 0.15) is 23.0 Å². The van der Waals surface area contributed by atoms with E-state index in [4.69, 9.17) is 11.6 Å². The van der Waals surface area contributed by atoms with Gasteiger partial charge in [0.25, 0.3) is 5.91 Å². The van der Waals surface area contributed by atoms with Crippen molar-refractivity contribution >= 4 is 38.9 Å². The summed E-state index contributed by atoms with van der Waals surface area (Å²) in [7, 11) is -4.09. The Hall–Kier alpha value is -3.15. The molecule has 1 atom stereocenters. The number of aromatic nitrogens is 1. The lowest BCUT2D eigenvalue weighted by Crippen LogP contribution is -2.53. The number of pyridine rings is 1. The number of hydrogen-bond donors (Lipinski definition) is 3. The van der Waals surface area contributed by atoms with Gasteiger partial charge in [-0.2, -0.15) is 4.72 Å². The fraction of sp³-hybridized carbons (Fsp3) is 0.100. The van der Waals surface area contributed by atoms with Crippen molar-refractivity contribution in [3.05, 3.63) is 82.4 Å². The van der Waals surface area contributed by atoms with E-state index >= 15 is 0 Å². The number of hydrogen-bond acceptors (Lipinski definition) is 5. The third-order valence-corrected chi connectivity index (χ3v) is 6.56. The fourth-order valence-electron chi connectivity index (χ4n) is 3.23. The molecule has 12 heteroatoms. The van der Waals surface area contributed by atoms with Crippen molar-refractivity contribution in [2.24, 2.45) is 0 Å². The molecule has 0 spiro atoms. The average molecular weight is 483 g/mol. The summed E-state index contributed by atoms with van der Waals surface area (Å²) in [5.41, 5.74) is -1.15. The summed E-state index contributed by atoms with van der Waals surface area (Å²) in [5, 5.41) is 5.62. The molecule has 7 nitrogen and oxygen atoms in total. The second-order valence-corrected chi connectivity index (χ2v) is 9.22. The molecule has 1 aliphatic heterocycles. The Balaban J connectivity index is 1.65. The van der Waals surface area contributed by atoms with Crippen LogP contribution in [0.15, 0.2) is 53.6 Å². The predicted octanol–water partition coefficient (Wildman–Crippen LogP) is 3.98. The van der Waals surface area contributed by atoms with E-state index in [2.05, 4.69) is 20.3 Å². The van der Waals surface area contributed by atoms with E-state index in [1.807, 2.05) is 0 Å².